The van der Waals surface area contributed by atoms with E-state index in [0.717, 1.165) is 44.9 Å². The van der Waals surface area contributed by atoms with Crippen LogP contribution in [0.5, 0.6) is 0 Å². The summed E-state index contributed by atoms with van der Waals surface area (Å²) < 4.78 is 40.1. The van der Waals surface area contributed by atoms with Crippen molar-refractivity contribution in [2.75, 3.05) is 39.3 Å². The van der Waals surface area contributed by atoms with E-state index in [2.05, 4.69) is 20.6 Å². The first kappa shape index (κ1) is 19.4. The van der Waals surface area contributed by atoms with Crippen molar-refractivity contribution in [2.24, 2.45) is 0 Å². The zero-order valence-electron chi connectivity index (χ0n) is 15.0. The lowest BCUT2D eigenvalue weighted by Crippen LogP contribution is -2.46. The van der Waals surface area contributed by atoms with E-state index >= 15 is 0 Å². The molecule has 3 rings (SSSR count). The molecule has 0 aliphatic carbocycles. The van der Waals surface area contributed by atoms with Gasteiger partial charge in [0, 0.05) is 39.3 Å². The number of aromatic nitrogens is 2. The number of rotatable bonds is 5. The summed E-state index contributed by atoms with van der Waals surface area (Å²) in [7, 11) is 0. The zero-order valence-corrected chi connectivity index (χ0v) is 15.0. The van der Waals surface area contributed by atoms with Crippen LogP contribution in [0.4, 0.5) is 13.2 Å². The first-order chi connectivity index (χ1) is 12.9. The summed E-state index contributed by atoms with van der Waals surface area (Å²) >= 11 is 0. The number of nitrogens with zero attached hydrogens (tertiary/aromatic N) is 3. The zero-order chi connectivity index (χ0) is 19.4. The van der Waals surface area contributed by atoms with Crippen molar-refractivity contribution in [1.82, 2.24) is 25.3 Å². The third-order valence-corrected chi connectivity index (χ3v) is 4.60. The molecular formula is C18H22F3N5O. The molecule has 1 fully saturated rings. The molecule has 2 N–H and O–H groups in total. The number of hydrogen-bond acceptors (Lipinski definition) is 4. The Morgan fingerprint density at radius 1 is 1.30 bits per heavy atom. The van der Waals surface area contributed by atoms with Crippen LogP contribution in [0.2, 0.25) is 0 Å². The van der Waals surface area contributed by atoms with E-state index < -0.39 is 11.7 Å². The van der Waals surface area contributed by atoms with Crippen molar-refractivity contribution in [1.29, 1.82) is 0 Å². The molecule has 1 aliphatic heterocycles. The van der Waals surface area contributed by atoms with Gasteiger partial charge in [-0.25, -0.2) is 4.68 Å². The molecule has 6 nitrogen and oxygen atoms in total. The molecule has 9 heteroatoms. The number of halogens is 3. The van der Waals surface area contributed by atoms with E-state index in [9.17, 15) is 18.0 Å². The smallest absolute Gasteiger partial charge is 0.351 e. The van der Waals surface area contributed by atoms with Crippen LogP contribution in [-0.4, -0.2) is 59.9 Å². The molecule has 146 valence electrons. The largest absolute Gasteiger partial charge is 0.416 e. The maximum atomic E-state index is 12.9. The summed E-state index contributed by atoms with van der Waals surface area (Å²) in [6.07, 6.45) is -3.04. The maximum absolute atomic E-state index is 12.9. The molecule has 0 bridgehead atoms. The molecule has 0 atom stereocenters. The predicted octanol–water partition coefficient (Wildman–Crippen LogP) is 1.83. The minimum absolute atomic E-state index is 0.266. The Bertz CT molecular complexity index is 797. The number of alkyl halides is 3. The lowest BCUT2D eigenvalue weighted by atomic mass is 10.2. The molecule has 0 spiro atoms. The summed E-state index contributed by atoms with van der Waals surface area (Å²) in [4.78, 5) is 14.7. The number of carbonyl (C=O) groups is 1. The highest BCUT2D eigenvalue weighted by Crippen LogP contribution is 2.30. The molecule has 1 aromatic carbocycles. The fourth-order valence-electron chi connectivity index (χ4n) is 3.06. The van der Waals surface area contributed by atoms with Crippen LogP contribution >= 0.6 is 0 Å². The van der Waals surface area contributed by atoms with Crippen LogP contribution in [0.1, 0.15) is 21.6 Å². The second-order valence-corrected chi connectivity index (χ2v) is 6.45. The van der Waals surface area contributed by atoms with Gasteiger partial charge < -0.3 is 10.6 Å². The van der Waals surface area contributed by atoms with Crippen molar-refractivity contribution in [2.45, 2.75) is 13.1 Å². The average molecular weight is 381 g/mol. The molecular weight excluding hydrogens is 359 g/mol. The second-order valence-electron chi connectivity index (χ2n) is 6.45. The minimum atomic E-state index is -4.43. The Balaban J connectivity index is 1.67. The predicted molar refractivity (Wildman–Crippen MR) is 94.9 cm³/mol. The van der Waals surface area contributed by atoms with E-state index in [1.165, 1.54) is 23.0 Å². The van der Waals surface area contributed by atoms with E-state index in [1.807, 2.05) is 0 Å². The van der Waals surface area contributed by atoms with Crippen molar-refractivity contribution in [3.05, 3.63) is 47.3 Å². The molecule has 0 saturated carbocycles. The number of benzene rings is 1. The van der Waals surface area contributed by atoms with Crippen molar-refractivity contribution in [3.8, 4) is 5.69 Å². The van der Waals surface area contributed by atoms with Gasteiger partial charge in [0.15, 0.2) is 0 Å². The SMILES string of the molecule is Cc1c(C(=O)NCCN2CCNCC2)cnn1-c1cccc(C(F)(F)F)c1. The van der Waals surface area contributed by atoms with Crippen LogP contribution in [0.15, 0.2) is 30.5 Å². The van der Waals surface area contributed by atoms with Crippen molar-refractivity contribution >= 4 is 5.91 Å². The van der Waals surface area contributed by atoms with Gasteiger partial charge in [-0.15, -0.1) is 0 Å². The third kappa shape index (κ3) is 4.67. The number of nitrogens with one attached hydrogen (secondary N) is 2. The van der Waals surface area contributed by atoms with Gasteiger partial charge in [0.2, 0.25) is 0 Å². The van der Waals surface area contributed by atoms with Gasteiger partial charge in [-0.3, -0.25) is 9.69 Å². The van der Waals surface area contributed by atoms with Gasteiger partial charge in [-0.1, -0.05) is 6.07 Å². The van der Waals surface area contributed by atoms with Crippen molar-refractivity contribution < 1.29 is 18.0 Å². The summed E-state index contributed by atoms with van der Waals surface area (Å²) in [5.41, 5.74) is 0.362. The highest BCUT2D eigenvalue weighted by Gasteiger charge is 2.30. The highest BCUT2D eigenvalue weighted by atomic mass is 19.4. The molecule has 2 aromatic rings. The maximum Gasteiger partial charge on any atom is 0.416 e. The topological polar surface area (TPSA) is 62.2 Å². The van der Waals surface area contributed by atoms with Gasteiger partial charge >= 0.3 is 6.18 Å². The van der Waals surface area contributed by atoms with Crippen LogP contribution in [-0.2, 0) is 6.18 Å². The summed E-state index contributed by atoms with van der Waals surface area (Å²) in [6.45, 7) is 6.71. The number of carbonyl (C=O) groups excluding carboxylic acids is 1. The van der Waals surface area contributed by atoms with E-state index in [-0.39, 0.29) is 11.6 Å². The molecule has 1 saturated heterocycles. The molecule has 1 aromatic heterocycles. The Morgan fingerprint density at radius 2 is 2.04 bits per heavy atom. The fourth-order valence-corrected chi connectivity index (χ4v) is 3.06. The molecule has 2 heterocycles. The molecule has 0 unspecified atom stereocenters. The molecule has 0 radical (unpaired) electrons. The normalized spacial score (nSPS) is 15.7. The summed E-state index contributed by atoms with van der Waals surface area (Å²) in [5.74, 6) is -0.277. The van der Waals surface area contributed by atoms with Gasteiger partial charge in [0.25, 0.3) is 5.91 Å². The van der Waals surface area contributed by atoms with E-state index in [0.29, 0.717) is 17.8 Å². The lowest BCUT2D eigenvalue weighted by Gasteiger charge is -2.27. The lowest BCUT2D eigenvalue weighted by molar-refractivity contribution is -0.137. The minimum Gasteiger partial charge on any atom is -0.351 e. The molecule has 1 aliphatic rings. The number of amides is 1. The van der Waals surface area contributed by atoms with Crippen molar-refractivity contribution in [3.63, 3.8) is 0 Å². The van der Waals surface area contributed by atoms with Gasteiger partial charge in [-0.05, 0) is 25.1 Å². The Kier molecular flexibility index (Phi) is 5.81. The summed E-state index contributed by atoms with van der Waals surface area (Å²) in [5, 5.41) is 10.2. The van der Waals surface area contributed by atoms with Crippen LogP contribution < -0.4 is 10.6 Å². The van der Waals surface area contributed by atoms with Gasteiger partial charge in [0.05, 0.1) is 28.7 Å². The van der Waals surface area contributed by atoms with Gasteiger partial charge in [0.1, 0.15) is 0 Å². The standard InChI is InChI=1S/C18H22F3N5O/c1-13-16(17(27)23-7-10-25-8-5-22-6-9-25)12-24-26(13)15-4-2-3-14(11-15)18(19,20)21/h2-4,11-12,22H,5-10H2,1H3,(H,23,27). The third-order valence-electron chi connectivity index (χ3n) is 4.60. The monoisotopic (exact) mass is 381 g/mol. The van der Waals surface area contributed by atoms with E-state index in [4.69, 9.17) is 0 Å². The molecule has 27 heavy (non-hydrogen) atoms. The average Bonchev–Trinajstić information content (AvgIpc) is 3.03. The van der Waals surface area contributed by atoms with Crippen LogP contribution in [0, 0.1) is 6.92 Å². The Labute approximate surface area is 155 Å². The Morgan fingerprint density at radius 3 is 2.74 bits per heavy atom. The number of piperazine rings is 1. The van der Waals surface area contributed by atoms with Crippen LogP contribution in [0.3, 0.4) is 0 Å². The van der Waals surface area contributed by atoms with Crippen LogP contribution in [0.25, 0.3) is 5.69 Å². The summed E-state index contributed by atoms with van der Waals surface area (Å²) in [6, 6.07) is 4.88. The fraction of sp³-hybridized carbons (Fsp3) is 0.444. The van der Waals surface area contributed by atoms with Gasteiger partial charge in [-0.2, -0.15) is 18.3 Å². The van der Waals surface area contributed by atoms with E-state index in [1.54, 1.807) is 6.92 Å². The first-order valence-corrected chi connectivity index (χ1v) is 8.80. The Hall–Kier alpha value is -2.39. The number of hydrogen-bond donors (Lipinski definition) is 2. The highest BCUT2D eigenvalue weighted by molar-refractivity contribution is 5.95. The quantitative estimate of drug-likeness (QED) is 0.830. The first-order valence-electron chi connectivity index (χ1n) is 8.80. The second kappa shape index (κ2) is 8.10. The molecule has 1 amide bonds.